The molecule has 2 rings (SSSR count). The minimum absolute atomic E-state index is 0.141. The molecule has 0 radical (unpaired) electrons. The lowest BCUT2D eigenvalue weighted by molar-refractivity contribution is 0.100. The first kappa shape index (κ1) is 13.6. The van der Waals surface area contributed by atoms with Crippen LogP contribution in [0.2, 0.25) is 0 Å². The van der Waals surface area contributed by atoms with E-state index in [1.165, 1.54) is 24.9 Å². The van der Waals surface area contributed by atoms with Crippen molar-refractivity contribution in [2.45, 2.75) is 31.3 Å². The largest absolute Gasteiger partial charge is 0.472 e. The van der Waals surface area contributed by atoms with E-state index in [1.807, 2.05) is 12.3 Å². The van der Waals surface area contributed by atoms with Gasteiger partial charge in [0.05, 0.1) is 12.5 Å². The Bertz CT molecular complexity index is 352. The molecule has 102 valence electrons. The quantitative estimate of drug-likeness (QED) is 0.881. The first-order chi connectivity index (χ1) is 8.66. The maximum absolute atomic E-state index is 6.10. The summed E-state index contributed by atoms with van der Waals surface area (Å²) < 4.78 is 5.14. The van der Waals surface area contributed by atoms with Crippen LogP contribution in [0.15, 0.2) is 23.0 Å². The number of likely N-dealkylation sites (N-methyl/N-ethyl adjacent to an activating group) is 1. The third-order valence-electron chi connectivity index (χ3n) is 4.33. The normalized spacial score (nSPS) is 26.4. The molecule has 2 heterocycles. The van der Waals surface area contributed by atoms with Crippen molar-refractivity contribution < 1.29 is 4.42 Å². The fourth-order valence-corrected chi connectivity index (χ4v) is 2.88. The van der Waals surface area contributed by atoms with Gasteiger partial charge in [-0.15, -0.1) is 0 Å². The lowest BCUT2D eigenvalue weighted by Crippen LogP contribution is -2.52. The van der Waals surface area contributed by atoms with Gasteiger partial charge in [-0.1, -0.05) is 0 Å². The zero-order chi connectivity index (χ0) is 13.0. The maximum Gasteiger partial charge on any atom is 0.0947 e. The predicted octanol–water partition coefficient (Wildman–Crippen LogP) is 1.52. The van der Waals surface area contributed by atoms with E-state index in [2.05, 4.69) is 23.9 Å². The highest BCUT2D eigenvalue weighted by atomic mass is 16.3. The third-order valence-corrected chi connectivity index (χ3v) is 4.33. The van der Waals surface area contributed by atoms with E-state index in [0.29, 0.717) is 0 Å². The zero-order valence-electron chi connectivity index (χ0n) is 11.6. The average Bonchev–Trinajstić information content (AvgIpc) is 2.78. The Labute approximate surface area is 110 Å². The van der Waals surface area contributed by atoms with Crippen molar-refractivity contribution in [2.24, 2.45) is 5.73 Å². The monoisotopic (exact) mass is 251 g/mol. The molecule has 2 N–H and O–H groups in total. The van der Waals surface area contributed by atoms with Crippen molar-refractivity contribution in [3.63, 3.8) is 0 Å². The van der Waals surface area contributed by atoms with Crippen molar-refractivity contribution in [3.8, 4) is 0 Å². The molecular formula is C14H25N3O. The number of nitrogens with zero attached hydrogens (tertiary/aromatic N) is 2. The van der Waals surface area contributed by atoms with Gasteiger partial charge >= 0.3 is 0 Å². The Hall–Kier alpha value is -0.840. The molecule has 1 aliphatic rings. The van der Waals surface area contributed by atoms with Crippen LogP contribution in [0.3, 0.4) is 0 Å². The van der Waals surface area contributed by atoms with Crippen LogP contribution >= 0.6 is 0 Å². The topological polar surface area (TPSA) is 45.6 Å². The van der Waals surface area contributed by atoms with E-state index in [-0.39, 0.29) is 5.54 Å². The highest BCUT2D eigenvalue weighted by molar-refractivity contribution is 5.06. The van der Waals surface area contributed by atoms with Crippen molar-refractivity contribution in [2.75, 3.05) is 33.7 Å². The first-order valence-corrected chi connectivity index (χ1v) is 6.77. The van der Waals surface area contributed by atoms with Crippen molar-refractivity contribution in [1.29, 1.82) is 0 Å². The van der Waals surface area contributed by atoms with Crippen LogP contribution in [0.25, 0.3) is 0 Å². The van der Waals surface area contributed by atoms with E-state index < -0.39 is 0 Å². The summed E-state index contributed by atoms with van der Waals surface area (Å²) in [6.07, 6.45) is 7.11. The molecule has 1 atom stereocenters. The van der Waals surface area contributed by atoms with Crippen molar-refractivity contribution in [1.82, 2.24) is 9.80 Å². The minimum Gasteiger partial charge on any atom is -0.472 e. The summed E-state index contributed by atoms with van der Waals surface area (Å²) in [5.74, 6) is 0. The lowest BCUT2D eigenvalue weighted by Gasteiger charge is -2.40. The predicted molar refractivity (Wildman–Crippen MR) is 73.3 cm³/mol. The van der Waals surface area contributed by atoms with E-state index in [1.54, 1.807) is 6.26 Å². The summed E-state index contributed by atoms with van der Waals surface area (Å²) in [7, 11) is 4.38. The molecule has 0 saturated carbocycles. The Morgan fingerprint density at radius 2 is 2.28 bits per heavy atom. The number of nitrogens with two attached hydrogens (primary N) is 1. The molecule has 4 nitrogen and oxygen atoms in total. The fourth-order valence-electron chi connectivity index (χ4n) is 2.88. The molecule has 0 spiro atoms. The molecule has 0 bridgehead atoms. The van der Waals surface area contributed by atoms with E-state index >= 15 is 0 Å². The summed E-state index contributed by atoms with van der Waals surface area (Å²) in [6, 6.07) is 2.03. The molecular weight excluding hydrogens is 226 g/mol. The Balaban J connectivity index is 2.05. The third kappa shape index (κ3) is 2.94. The Kier molecular flexibility index (Phi) is 4.43. The average molecular weight is 251 g/mol. The SMILES string of the molecule is CN1CCCC(CN)(N(C)Cc2ccoc2)CC1. The van der Waals surface area contributed by atoms with Crippen LogP contribution in [-0.2, 0) is 6.54 Å². The van der Waals surface area contributed by atoms with Gasteiger partial charge in [-0.3, -0.25) is 4.90 Å². The molecule has 0 amide bonds. The summed E-state index contributed by atoms with van der Waals surface area (Å²) in [6.45, 7) is 3.96. The summed E-state index contributed by atoms with van der Waals surface area (Å²) in [5, 5.41) is 0. The summed E-state index contributed by atoms with van der Waals surface area (Å²) >= 11 is 0. The second kappa shape index (κ2) is 5.87. The minimum atomic E-state index is 0.141. The van der Waals surface area contributed by atoms with Crippen LogP contribution in [-0.4, -0.2) is 49.1 Å². The standard InChI is InChI=1S/C14H25N3O/c1-16-7-3-5-14(12-15,6-8-16)17(2)10-13-4-9-18-11-13/h4,9,11H,3,5-8,10,12,15H2,1-2H3. The van der Waals surface area contributed by atoms with Crippen LogP contribution in [0.5, 0.6) is 0 Å². The van der Waals surface area contributed by atoms with Crippen LogP contribution < -0.4 is 5.73 Å². The van der Waals surface area contributed by atoms with Gasteiger partial charge in [-0.25, -0.2) is 0 Å². The van der Waals surface area contributed by atoms with E-state index in [4.69, 9.17) is 10.2 Å². The molecule has 1 aromatic heterocycles. The molecule has 1 aliphatic heterocycles. The number of likely N-dealkylation sites (tertiary alicyclic amines) is 1. The summed E-state index contributed by atoms with van der Waals surface area (Å²) in [4.78, 5) is 4.82. The smallest absolute Gasteiger partial charge is 0.0947 e. The summed E-state index contributed by atoms with van der Waals surface area (Å²) in [5.41, 5.74) is 7.47. The van der Waals surface area contributed by atoms with Gasteiger partial charge in [0.2, 0.25) is 0 Å². The van der Waals surface area contributed by atoms with Gasteiger partial charge in [0.1, 0.15) is 0 Å². The lowest BCUT2D eigenvalue weighted by atomic mass is 9.88. The van der Waals surface area contributed by atoms with E-state index in [0.717, 1.165) is 26.1 Å². The molecule has 18 heavy (non-hydrogen) atoms. The highest BCUT2D eigenvalue weighted by Gasteiger charge is 2.34. The molecule has 0 aromatic carbocycles. The van der Waals surface area contributed by atoms with Gasteiger partial charge in [0, 0.05) is 24.2 Å². The van der Waals surface area contributed by atoms with Crippen LogP contribution in [0.4, 0.5) is 0 Å². The van der Waals surface area contributed by atoms with Crippen LogP contribution in [0, 0.1) is 0 Å². The molecule has 1 fully saturated rings. The second-order valence-electron chi connectivity index (χ2n) is 5.57. The maximum atomic E-state index is 6.10. The molecule has 0 aliphatic carbocycles. The zero-order valence-corrected chi connectivity index (χ0v) is 11.6. The molecule has 1 aromatic rings. The van der Waals surface area contributed by atoms with E-state index in [9.17, 15) is 0 Å². The Morgan fingerprint density at radius 3 is 2.94 bits per heavy atom. The van der Waals surface area contributed by atoms with Crippen LogP contribution in [0.1, 0.15) is 24.8 Å². The number of hydrogen-bond acceptors (Lipinski definition) is 4. The van der Waals surface area contributed by atoms with Gasteiger partial charge in [-0.05, 0) is 52.5 Å². The molecule has 4 heteroatoms. The van der Waals surface area contributed by atoms with Gasteiger partial charge < -0.3 is 15.1 Å². The second-order valence-corrected chi connectivity index (χ2v) is 5.57. The highest BCUT2D eigenvalue weighted by Crippen LogP contribution is 2.28. The number of furan rings is 1. The van der Waals surface area contributed by atoms with Crippen molar-refractivity contribution in [3.05, 3.63) is 24.2 Å². The van der Waals surface area contributed by atoms with Gasteiger partial charge in [0.25, 0.3) is 0 Å². The number of hydrogen-bond donors (Lipinski definition) is 1. The van der Waals surface area contributed by atoms with Gasteiger partial charge in [0.15, 0.2) is 0 Å². The number of rotatable bonds is 4. The van der Waals surface area contributed by atoms with Gasteiger partial charge in [-0.2, -0.15) is 0 Å². The first-order valence-electron chi connectivity index (χ1n) is 6.77. The Morgan fingerprint density at radius 1 is 1.44 bits per heavy atom. The molecule has 1 saturated heterocycles. The fraction of sp³-hybridized carbons (Fsp3) is 0.714. The van der Waals surface area contributed by atoms with Crippen molar-refractivity contribution >= 4 is 0 Å². The molecule has 1 unspecified atom stereocenters.